The largest absolute Gasteiger partial charge is 0.350 e. The summed E-state index contributed by atoms with van der Waals surface area (Å²) in [5.41, 5.74) is 4.94. The predicted octanol–water partition coefficient (Wildman–Crippen LogP) is 4.35. The molecule has 0 N–H and O–H groups in total. The molecule has 0 saturated heterocycles. The van der Waals surface area contributed by atoms with Crippen molar-refractivity contribution >= 4 is 23.8 Å². The second-order valence-corrected chi connectivity index (χ2v) is 10.1. The number of hydrogen-bond donors (Lipinski definition) is 0. The van der Waals surface area contributed by atoms with Gasteiger partial charge in [-0.3, -0.25) is 0 Å². The topological polar surface area (TPSA) is 23.6 Å². The highest BCUT2D eigenvalue weighted by atomic mass is 31.2. The Morgan fingerprint density at radius 2 is 1.54 bits per heavy atom. The SMILES string of the molecule is Cc1cc(C)cc(N2C=CCN(c3ccc(P(C)(C)=O)cc3)C2)c1. The molecule has 0 atom stereocenters. The molecule has 0 bridgehead atoms. The quantitative estimate of drug-likeness (QED) is 0.776. The van der Waals surface area contributed by atoms with E-state index in [-0.39, 0.29) is 0 Å². The highest BCUT2D eigenvalue weighted by Gasteiger charge is 2.16. The van der Waals surface area contributed by atoms with Gasteiger partial charge in [-0.05, 0) is 80.8 Å². The summed E-state index contributed by atoms with van der Waals surface area (Å²) in [5.74, 6) is 0. The first-order chi connectivity index (χ1) is 11.3. The molecule has 0 aromatic heterocycles. The lowest BCUT2D eigenvalue weighted by molar-refractivity contribution is 0.588. The molecule has 2 aromatic rings. The Balaban J connectivity index is 1.82. The number of aryl methyl sites for hydroxylation is 2. The molecule has 4 heteroatoms. The molecule has 24 heavy (non-hydrogen) atoms. The van der Waals surface area contributed by atoms with Crippen molar-refractivity contribution in [1.29, 1.82) is 0 Å². The van der Waals surface area contributed by atoms with Crippen LogP contribution >= 0.6 is 7.14 Å². The van der Waals surface area contributed by atoms with Crippen molar-refractivity contribution in [2.75, 3.05) is 36.3 Å². The zero-order valence-electron chi connectivity index (χ0n) is 14.9. The summed E-state index contributed by atoms with van der Waals surface area (Å²) in [6, 6.07) is 14.8. The third-order valence-corrected chi connectivity index (χ3v) is 5.85. The van der Waals surface area contributed by atoms with Crippen LogP contribution in [-0.4, -0.2) is 26.5 Å². The maximum atomic E-state index is 12.2. The molecule has 3 rings (SSSR count). The number of nitrogens with zero attached hydrogens (tertiary/aromatic N) is 2. The van der Waals surface area contributed by atoms with Crippen molar-refractivity contribution < 1.29 is 4.57 Å². The first-order valence-corrected chi connectivity index (χ1v) is 10.9. The normalized spacial score (nSPS) is 15.0. The van der Waals surface area contributed by atoms with E-state index < -0.39 is 7.14 Å². The maximum absolute atomic E-state index is 12.2. The third kappa shape index (κ3) is 3.73. The Morgan fingerprint density at radius 1 is 0.917 bits per heavy atom. The van der Waals surface area contributed by atoms with E-state index in [1.165, 1.54) is 16.8 Å². The lowest BCUT2D eigenvalue weighted by Crippen LogP contribution is -2.39. The molecule has 3 nitrogen and oxygen atoms in total. The Morgan fingerprint density at radius 3 is 2.12 bits per heavy atom. The van der Waals surface area contributed by atoms with Gasteiger partial charge in [0.2, 0.25) is 0 Å². The zero-order valence-corrected chi connectivity index (χ0v) is 15.8. The standard InChI is InChI=1S/C20H25N2OP/c1-16-12-17(2)14-19(13-16)22-11-5-10-21(15-22)18-6-8-20(9-7-18)24(3,4)23/h5-9,11-14H,10,15H2,1-4H3. The molecule has 0 fully saturated rings. The molecule has 1 heterocycles. The summed E-state index contributed by atoms with van der Waals surface area (Å²) in [7, 11) is -2.19. The smallest absolute Gasteiger partial charge is 0.109 e. The molecule has 0 radical (unpaired) electrons. The first-order valence-electron chi connectivity index (χ1n) is 8.25. The van der Waals surface area contributed by atoms with Crippen LogP contribution in [0, 0.1) is 13.8 Å². The van der Waals surface area contributed by atoms with Gasteiger partial charge >= 0.3 is 0 Å². The molecule has 0 amide bonds. The van der Waals surface area contributed by atoms with Crippen molar-refractivity contribution in [3.8, 4) is 0 Å². The molecule has 1 aliphatic rings. The monoisotopic (exact) mass is 340 g/mol. The zero-order chi connectivity index (χ0) is 17.3. The number of benzene rings is 2. The fourth-order valence-corrected chi connectivity index (χ4v) is 3.95. The van der Waals surface area contributed by atoms with Gasteiger partial charge in [0.25, 0.3) is 0 Å². The highest BCUT2D eigenvalue weighted by Crippen LogP contribution is 2.35. The van der Waals surface area contributed by atoms with Crippen LogP contribution in [-0.2, 0) is 4.57 Å². The number of rotatable bonds is 3. The molecule has 0 aliphatic carbocycles. The predicted molar refractivity (Wildman–Crippen MR) is 105 cm³/mol. The molecule has 0 saturated carbocycles. The summed E-state index contributed by atoms with van der Waals surface area (Å²) < 4.78 is 12.2. The van der Waals surface area contributed by atoms with Crippen molar-refractivity contribution in [2.24, 2.45) is 0 Å². The van der Waals surface area contributed by atoms with E-state index in [4.69, 9.17) is 0 Å². The van der Waals surface area contributed by atoms with Gasteiger partial charge in [-0.1, -0.05) is 6.07 Å². The van der Waals surface area contributed by atoms with Crippen LogP contribution in [0.3, 0.4) is 0 Å². The van der Waals surface area contributed by atoms with E-state index in [0.717, 1.165) is 24.2 Å². The van der Waals surface area contributed by atoms with Crippen LogP contribution in [0.15, 0.2) is 54.7 Å². The molecule has 126 valence electrons. The maximum Gasteiger partial charge on any atom is 0.109 e. The van der Waals surface area contributed by atoms with E-state index >= 15 is 0 Å². The molecule has 1 aliphatic heterocycles. The number of anilines is 2. The second kappa shape index (κ2) is 6.49. The van der Waals surface area contributed by atoms with Crippen LogP contribution < -0.4 is 15.1 Å². The van der Waals surface area contributed by atoms with Crippen LogP contribution in [0.1, 0.15) is 11.1 Å². The van der Waals surface area contributed by atoms with Crippen molar-refractivity contribution in [3.05, 3.63) is 65.9 Å². The van der Waals surface area contributed by atoms with Crippen LogP contribution in [0.4, 0.5) is 11.4 Å². The van der Waals surface area contributed by atoms with Gasteiger partial charge in [0, 0.05) is 29.4 Å². The summed E-state index contributed by atoms with van der Waals surface area (Å²) in [6.07, 6.45) is 4.34. The highest BCUT2D eigenvalue weighted by molar-refractivity contribution is 7.70. The van der Waals surface area contributed by atoms with E-state index in [1.54, 1.807) is 0 Å². The third-order valence-electron chi connectivity index (χ3n) is 4.31. The van der Waals surface area contributed by atoms with Crippen LogP contribution in [0.2, 0.25) is 0 Å². The molecular formula is C20H25N2OP. The summed E-state index contributed by atoms with van der Waals surface area (Å²) in [5, 5.41) is 0.935. The van der Waals surface area contributed by atoms with Gasteiger partial charge in [0.1, 0.15) is 7.14 Å². The summed E-state index contributed by atoms with van der Waals surface area (Å²) in [4.78, 5) is 4.58. The van der Waals surface area contributed by atoms with E-state index in [9.17, 15) is 4.57 Å². The fraction of sp³-hybridized carbons (Fsp3) is 0.300. The first kappa shape index (κ1) is 16.9. The summed E-state index contributed by atoms with van der Waals surface area (Å²) in [6.45, 7) is 9.59. The van der Waals surface area contributed by atoms with Crippen LogP contribution in [0.5, 0.6) is 0 Å². The van der Waals surface area contributed by atoms with Gasteiger partial charge in [0.05, 0.1) is 6.67 Å². The van der Waals surface area contributed by atoms with Gasteiger partial charge in [-0.25, -0.2) is 0 Å². The van der Waals surface area contributed by atoms with Crippen LogP contribution in [0.25, 0.3) is 0 Å². The van der Waals surface area contributed by atoms with E-state index in [2.05, 4.69) is 66.3 Å². The molecule has 0 unspecified atom stereocenters. The fourth-order valence-electron chi connectivity index (χ4n) is 3.08. The lowest BCUT2D eigenvalue weighted by Gasteiger charge is -2.34. The van der Waals surface area contributed by atoms with Crippen molar-refractivity contribution in [3.63, 3.8) is 0 Å². The average molecular weight is 340 g/mol. The minimum Gasteiger partial charge on any atom is -0.350 e. The minimum atomic E-state index is -2.19. The molecular weight excluding hydrogens is 315 g/mol. The van der Waals surface area contributed by atoms with Crippen molar-refractivity contribution in [1.82, 2.24) is 0 Å². The lowest BCUT2D eigenvalue weighted by atomic mass is 10.1. The molecule has 2 aromatic carbocycles. The molecule has 0 spiro atoms. The minimum absolute atomic E-state index is 0.814. The van der Waals surface area contributed by atoms with Gasteiger partial charge < -0.3 is 14.4 Å². The Kier molecular flexibility index (Phi) is 4.56. The number of hydrogen-bond acceptors (Lipinski definition) is 3. The van der Waals surface area contributed by atoms with E-state index in [1.807, 2.05) is 25.5 Å². The van der Waals surface area contributed by atoms with Gasteiger partial charge in [-0.2, -0.15) is 0 Å². The van der Waals surface area contributed by atoms with Gasteiger partial charge in [0.15, 0.2) is 0 Å². The average Bonchev–Trinajstić information content (AvgIpc) is 2.53. The van der Waals surface area contributed by atoms with Crippen molar-refractivity contribution in [2.45, 2.75) is 13.8 Å². The Hall–Kier alpha value is -1.99. The van der Waals surface area contributed by atoms with E-state index in [0.29, 0.717) is 0 Å². The Bertz CT molecular complexity index is 785. The second-order valence-electron chi connectivity index (χ2n) is 6.93. The Labute approximate surface area is 145 Å². The summed E-state index contributed by atoms with van der Waals surface area (Å²) >= 11 is 0. The van der Waals surface area contributed by atoms with Gasteiger partial charge in [-0.15, -0.1) is 0 Å².